The van der Waals surface area contributed by atoms with Gasteiger partial charge in [-0.05, 0) is 42.0 Å². The highest BCUT2D eigenvalue weighted by molar-refractivity contribution is 6.05. The first-order valence-corrected chi connectivity index (χ1v) is 10.2. The zero-order chi connectivity index (χ0) is 23.6. The van der Waals surface area contributed by atoms with Crippen molar-refractivity contribution in [3.63, 3.8) is 0 Å². The summed E-state index contributed by atoms with van der Waals surface area (Å²) in [5.41, 5.74) is 1.99. The summed E-state index contributed by atoms with van der Waals surface area (Å²) in [6, 6.07) is 21.9. The Labute approximate surface area is 191 Å². The fourth-order valence-electron chi connectivity index (χ4n) is 2.97. The molecule has 3 aromatic rings. The molecule has 0 aliphatic heterocycles. The lowest BCUT2D eigenvalue weighted by molar-refractivity contribution is -0.131. The standard InChI is InChI=1S/C25H23N3O5/c1-17(29)33-21-12-7-11-19(14-21)25(32)28-22-13-6-5-10-20(22)15-26-23(30)16-27-24(31)18-8-3-2-4-9-18/h2-14H,15-16H2,1H3,(H,26,30)(H,27,31)(H,28,32). The lowest BCUT2D eigenvalue weighted by Crippen LogP contribution is -2.36. The number of esters is 1. The fourth-order valence-corrected chi connectivity index (χ4v) is 2.97. The summed E-state index contributed by atoms with van der Waals surface area (Å²) in [4.78, 5) is 48.0. The molecule has 168 valence electrons. The van der Waals surface area contributed by atoms with Crippen molar-refractivity contribution in [1.29, 1.82) is 0 Å². The van der Waals surface area contributed by atoms with Crippen LogP contribution in [0.25, 0.3) is 0 Å². The second-order valence-corrected chi connectivity index (χ2v) is 7.06. The highest BCUT2D eigenvalue weighted by Gasteiger charge is 2.12. The van der Waals surface area contributed by atoms with Gasteiger partial charge in [-0.3, -0.25) is 19.2 Å². The minimum absolute atomic E-state index is 0.157. The molecule has 8 nitrogen and oxygen atoms in total. The zero-order valence-corrected chi connectivity index (χ0v) is 18.0. The number of anilines is 1. The van der Waals surface area contributed by atoms with E-state index in [0.29, 0.717) is 22.4 Å². The lowest BCUT2D eigenvalue weighted by Gasteiger charge is -2.13. The average Bonchev–Trinajstić information content (AvgIpc) is 2.82. The van der Waals surface area contributed by atoms with Crippen molar-refractivity contribution >= 4 is 29.4 Å². The van der Waals surface area contributed by atoms with Gasteiger partial charge in [0.05, 0.1) is 6.54 Å². The van der Waals surface area contributed by atoms with Crippen molar-refractivity contribution < 1.29 is 23.9 Å². The molecule has 0 aliphatic carbocycles. The molecule has 3 aromatic carbocycles. The van der Waals surface area contributed by atoms with Crippen LogP contribution in [0.5, 0.6) is 5.75 Å². The van der Waals surface area contributed by atoms with Gasteiger partial charge in [0.25, 0.3) is 11.8 Å². The third kappa shape index (κ3) is 7.03. The fraction of sp³-hybridized carbons (Fsp3) is 0.120. The molecule has 33 heavy (non-hydrogen) atoms. The van der Waals surface area contributed by atoms with E-state index in [4.69, 9.17) is 4.74 Å². The van der Waals surface area contributed by atoms with Gasteiger partial charge in [-0.1, -0.05) is 42.5 Å². The van der Waals surface area contributed by atoms with Gasteiger partial charge >= 0.3 is 5.97 Å². The summed E-state index contributed by atoms with van der Waals surface area (Å²) < 4.78 is 5.02. The Morgan fingerprint density at radius 3 is 2.21 bits per heavy atom. The Morgan fingerprint density at radius 1 is 0.758 bits per heavy atom. The predicted octanol–water partition coefficient (Wildman–Crippen LogP) is 2.91. The summed E-state index contributed by atoms with van der Waals surface area (Å²) in [6.45, 7) is 1.26. The maximum Gasteiger partial charge on any atom is 0.308 e. The van der Waals surface area contributed by atoms with E-state index >= 15 is 0 Å². The second-order valence-electron chi connectivity index (χ2n) is 7.06. The lowest BCUT2D eigenvalue weighted by atomic mass is 10.1. The number of ether oxygens (including phenoxy) is 1. The summed E-state index contributed by atoms with van der Waals surface area (Å²) in [6.07, 6.45) is 0. The number of para-hydroxylation sites is 1. The number of carbonyl (C=O) groups is 4. The van der Waals surface area contributed by atoms with Gasteiger partial charge in [-0.2, -0.15) is 0 Å². The first-order chi connectivity index (χ1) is 15.9. The monoisotopic (exact) mass is 445 g/mol. The van der Waals surface area contributed by atoms with E-state index in [1.807, 2.05) is 0 Å². The molecule has 8 heteroatoms. The van der Waals surface area contributed by atoms with Crippen molar-refractivity contribution in [3.05, 3.63) is 95.6 Å². The molecule has 3 N–H and O–H groups in total. The highest BCUT2D eigenvalue weighted by Crippen LogP contribution is 2.18. The van der Waals surface area contributed by atoms with E-state index in [0.717, 1.165) is 0 Å². The average molecular weight is 445 g/mol. The quantitative estimate of drug-likeness (QED) is 0.364. The Kier molecular flexibility index (Phi) is 7.91. The minimum atomic E-state index is -0.478. The molecule has 0 spiro atoms. The van der Waals surface area contributed by atoms with Crippen LogP contribution < -0.4 is 20.7 Å². The van der Waals surface area contributed by atoms with Gasteiger partial charge in [-0.25, -0.2) is 0 Å². The minimum Gasteiger partial charge on any atom is -0.427 e. The van der Waals surface area contributed by atoms with E-state index in [1.165, 1.54) is 13.0 Å². The van der Waals surface area contributed by atoms with Crippen LogP contribution in [0, 0.1) is 0 Å². The van der Waals surface area contributed by atoms with E-state index in [-0.39, 0.29) is 30.7 Å². The third-order valence-electron chi connectivity index (χ3n) is 4.54. The number of rotatable bonds is 8. The molecule has 0 heterocycles. The first kappa shape index (κ1) is 23.2. The van der Waals surface area contributed by atoms with E-state index in [2.05, 4.69) is 16.0 Å². The highest BCUT2D eigenvalue weighted by atomic mass is 16.5. The molecule has 0 saturated heterocycles. The number of nitrogens with one attached hydrogen (secondary N) is 3. The van der Waals surface area contributed by atoms with Crippen LogP contribution in [0.15, 0.2) is 78.9 Å². The maximum atomic E-state index is 12.7. The van der Waals surface area contributed by atoms with Gasteiger partial charge in [0.15, 0.2) is 0 Å². The Balaban J connectivity index is 1.57. The molecule has 0 atom stereocenters. The van der Waals surface area contributed by atoms with Gasteiger partial charge in [0, 0.05) is 30.3 Å². The number of hydrogen-bond acceptors (Lipinski definition) is 5. The van der Waals surface area contributed by atoms with Crippen LogP contribution in [0.4, 0.5) is 5.69 Å². The Bertz CT molecular complexity index is 1160. The predicted molar refractivity (Wildman–Crippen MR) is 123 cm³/mol. The Morgan fingerprint density at radius 2 is 1.45 bits per heavy atom. The van der Waals surface area contributed by atoms with Crippen LogP contribution >= 0.6 is 0 Å². The van der Waals surface area contributed by atoms with Crippen LogP contribution in [-0.4, -0.2) is 30.2 Å². The molecule has 0 radical (unpaired) electrons. The van der Waals surface area contributed by atoms with Crippen LogP contribution in [0.3, 0.4) is 0 Å². The van der Waals surface area contributed by atoms with Gasteiger partial charge in [0.2, 0.25) is 5.91 Å². The largest absolute Gasteiger partial charge is 0.427 e. The smallest absolute Gasteiger partial charge is 0.308 e. The van der Waals surface area contributed by atoms with E-state index in [9.17, 15) is 19.2 Å². The summed E-state index contributed by atoms with van der Waals surface area (Å²) >= 11 is 0. The molecular formula is C25H23N3O5. The van der Waals surface area contributed by atoms with E-state index in [1.54, 1.807) is 72.8 Å². The molecule has 0 unspecified atom stereocenters. The third-order valence-corrected chi connectivity index (χ3v) is 4.54. The molecule has 0 aromatic heterocycles. The van der Waals surface area contributed by atoms with Gasteiger partial charge in [-0.15, -0.1) is 0 Å². The molecule has 0 saturated carbocycles. The normalized spacial score (nSPS) is 10.1. The van der Waals surface area contributed by atoms with Crippen LogP contribution in [-0.2, 0) is 16.1 Å². The molecular weight excluding hydrogens is 422 g/mol. The van der Waals surface area contributed by atoms with Gasteiger partial charge < -0.3 is 20.7 Å². The summed E-state index contributed by atoms with van der Waals surface area (Å²) in [5.74, 6) is -1.30. The maximum absolute atomic E-state index is 12.7. The van der Waals surface area contributed by atoms with Crippen molar-refractivity contribution in [1.82, 2.24) is 10.6 Å². The van der Waals surface area contributed by atoms with Gasteiger partial charge in [0.1, 0.15) is 5.75 Å². The van der Waals surface area contributed by atoms with Crippen LogP contribution in [0.2, 0.25) is 0 Å². The van der Waals surface area contributed by atoms with Crippen molar-refractivity contribution in [3.8, 4) is 5.75 Å². The first-order valence-electron chi connectivity index (χ1n) is 10.2. The van der Waals surface area contributed by atoms with Crippen molar-refractivity contribution in [2.75, 3.05) is 11.9 Å². The molecule has 0 bridgehead atoms. The van der Waals surface area contributed by atoms with Crippen molar-refractivity contribution in [2.45, 2.75) is 13.5 Å². The molecule has 3 rings (SSSR count). The zero-order valence-electron chi connectivity index (χ0n) is 18.0. The number of hydrogen-bond donors (Lipinski definition) is 3. The molecule has 0 aliphatic rings. The molecule has 0 fully saturated rings. The number of amides is 3. The summed E-state index contributed by atoms with van der Waals surface area (Å²) in [7, 11) is 0. The second kappa shape index (κ2) is 11.2. The number of carbonyl (C=O) groups excluding carboxylic acids is 4. The van der Waals surface area contributed by atoms with E-state index < -0.39 is 11.9 Å². The van der Waals surface area contributed by atoms with Crippen LogP contribution in [0.1, 0.15) is 33.2 Å². The molecule has 3 amide bonds. The number of benzene rings is 3. The Hall–Kier alpha value is -4.46. The topological polar surface area (TPSA) is 114 Å². The SMILES string of the molecule is CC(=O)Oc1cccc(C(=O)Nc2ccccc2CNC(=O)CNC(=O)c2ccccc2)c1. The summed E-state index contributed by atoms with van der Waals surface area (Å²) in [5, 5.41) is 8.10. The van der Waals surface area contributed by atoms with Crippen molar-refractivity contribution in [2.24, 2.45) is 0 Å².